The number of nitrogens with zero attached hydrogens (tertiary/aromatic N) is 2. The minimum absolute atomic E-state index is 0.178. The number of likely N-dealkylation sites (N-methyl/N-ethyl adjacent to an activating group) is 1. The first-order valence-electron chi connectivity index (χ1n) is 12.0. The third-order valence-electron chi connectivity index (χ3n) is 6.79. The van der Waals surface area contributed by atoms with Gasteiger partial charge in [-0.15, -0.1) is 11.3 Å². The summed E-state index contributed by atoms with van der Waals surface area (Å²) in [4.78, 5) is 29.1. The number of thiophene rings is 1. The van der Waals surface area contributed by atoms with Crippen molar-refractivity contribution in [2.45, 2.75) is 45.1 Å². The topological polar surface area (TPSA) is 96.0 Å². The number of ether oxygens (including phenoxy) is 1. The molecule has 1 aromatic heterocycles. The second-order valence-corrected chi connectivity index (χ2v) is 12.6. The molecule has 2 aliphatic heterocycles. The van der Waals surface area contributed by atoms with E-state index in [1.807, 2.05) is 0 Å². The number of sulfonamides is 1. The first-order valence-corrected chi connectivity index (χ1v) is 14.3. The van der Waals surface area contributed by atoms with Gasteiger partial charge in [0.1, 0.15) is 5.00 Å². The summed E-state index contributed by atoms with van der Waals surface area (Å²) in [6.45, 7) is 9.73. The van der Waals surface area contributed by atoms with Crippen molar-refractivity contribution in [1.82, 2.24) is 9.21 Å². The maximum Gasteiger partial charge on any atom is 0.341 e. The second kappa shape index (κ2) is 10.4. The Labute approximate surface area is 211 Å². The summed E-state index contributed by atoms with van der Waals surface area (Å²) in [7, 11) is -2.29. The van der Waals surface area contributed by atoms with Crippen LogP contribution in [0.3, 0.4) is 0 Å². The smallest absolute Gasteiger partial charge is 0.341 e. The largest absolute Gasteiger partial charge is 0.465 e. The van der Waals surface area contributed by atoms with Crippen LogP contribution in [0.15, 0.2) is 29.2 Å². The van der Waals surface area contributed by atoms with Crippen molar-refractivity contribution in [2.75, 3.05) is 38.6 Å². The van der Waals surface area contributed by atoms with E-state index in [-0.39, 0.29) is 4.90 Å². The predicted octanol–water partition coefficient (Wildman–Crippen LogP) is 3.83. The van der Waals surface area contributed by atoms with E-state index >= 15 is 0 Å². The number of anilines is 1. The Morgan fingerprint density at radius 2 is 1.80 bits per heavy atom. The number of piperidine rings is 1. The molecule has 35 heavy (non-hydrogen) atoms. The molecule has 1 fully saturated rings. The summed E-state index contributed by atoms with van der Waals surface area (Å²) in [5.41, 5.74) is 1.68. The van der Waals surface area contributed by atoms with Gasteiger partial charge in [0.05, 0.1) is 17.6 Å². The Balaban J connectivity index is 1.54. The number of carbonyl (C=O) groups is 2. The van der Waals surface area contributed by atoms with E-state index in [9.17, 15) is 18.0 Å². The molecule has 4 rings (SSSR count). The molecule has 1 amide bonds. The van der Waals surface area contributed by atoms with E-state index in [1.54, 1.807) is 4.31 Å². The lowest BCUT2D eigenvalue weighted by atomic mass is 9.94. The fourth-order valence-electron chi connectivity index (χ4n) is 5.04. The van der Waals surface area contributed by atoms with Crippen LogP contribution >= 0.6 is 11.3 Å². The van der Waals surface area contributed by atoms with Crippen LogP contribution < -0.4 is 5.32 Å². The molecule has 10 heteroatoms. The second-order valence-electron chi connectivity index (χ2n) is 9.56. The molecule has 0 bridgehead atoms. The lowest BCUT2D eigenvalue weighted by Crippen LogP contribution is -2.42. The quantitative estimate of drug-likeness (QED) is 0.583. The van der Waals surface area contributed by atoms with Crippen LogP contribution in [0.4, 0.5) is 5.00 Å². The maximum absolute atomic E-state index is 13.1. The number of carbonyl (C=O) groups excluding carboxylic acids is 2. The van der Waals surface area contributed by atoms with Gasteiger partial charge in [0.15, 0.2) is 0 Å². The van der Waals surface area contributed by atoms with Crippen LogP contribution in [-0.2, 0) is 27.7 Å². The number of fused-ring (bicyclic) bond motifs is 1. The Morgan fingerprint density at radius 3 is 2.40 bits per heavy atom. The number of nitrogens with one attached hydrogen (secondary N) is 1. The molecule has 0 unspecified atom stereocenters. The van der Waals surface area contributed by atoms with Gasteiger partial charge in [0, 0.05) is 36.6 Å². The molecule has 0 radical (unpaired) electrons. The molecule has 2 atom stereocenters. The van der Waals surface area contributed by atoms with E-state index in [4.69, 9.17) is 4.74 Å². The van der Waals surface area contributed by atoms with Crippen molar-refractivity contribution in [1.29, 1.82) is 0 Å². The standard InChI is InChI=1S/C25H33N3O5S2/c1-5-27-11-10-20-21(15-27)34-24(22(20)25(30)33-4)26-23(29)18-6-8-19(9-7-18)35(31,32)28-13-16(2)12-17(3)14-28/h6-9,16-17H,5,10-15H2,1-4H3,(H,26,29)/t16-,17+. The van der Waals surface area contributed by atoms with Gasteiger partial charge < -0.3 is 10.1 Å². The average molecular weight is 520 g/mol. The van der Waals surface area contributed by atoms with Gasteiger partial charge >= 0.3 is 5.97 Å². The molecular weight excluding hydrogens is 486 g/mol. The molecule has 0 saturated carbocycles. The Hall–Kier alpha value is -2.27. The first-order chi connectivity index (χ1) is 16.6. The number of hydrogen-bond acceptors (Lipinski definition) is 7. The third-order valence-corrected chi connectivity index (χ3v) is 9.77. The number of methoxy groups -OCH3 is 1. The molecule has 1 N–H and O–H groups in total. The minimum atomic E-state index is -3.62. The molecule has 1 saturated heterocycles. The molecule has 3 heterocycles. The molecular formula is C25H33N3O5S2. The first kappa shape index (κ1) is 25.8. The van der Waals surface area contributed by atoms with E-state index in [0.717, 1.165) is 42.9 Å². The van der Waals surface area contributed by atoms with Crippen LogP contribution in [0.1, 0.15) is 58.3 Å². The van der Waals surface area contributed by atoms with Crippen LogP contribution in [0, 0.1) is 11.8 Å². The molecule has 0 spiro atoms. The number of hydrogen-bond donors (Lipinski definition) is 1. The van der Waals surface area contributed by atoms with Gasteiger partial charge in [-0.3, -0.25) is 9.69 Å². The van der Waals surface area contributed by atoms with E-state index in [0.29, 0.717) is 41.1 Å². The number of rotatable bonds is 6. The van der Waals surface area contributed by atoms with Gasteiger partial charge in [0.2, 0.25) is 10.0 Å². The molecule has 1 aromatic carbocycles. The zero-order chi connectivity index (χ0) is 25.3. The van der Waals surface area contributed by atoms with E-state index in [1.165, 1.54) is 42.7 Å². The monoisotopic (exact) mass is 519 g/mol. The van der Waals surface area contributed by atoms with Crippen LogP contribution in [0.25, 0.3) is 0 Å². The number of esters is 1. The predicted molar refractivity (Wildman–Crippen MR) is 136 cm³/mol. The third kappa shape index (κ3) is 5.30. The summed E-state index contributed by atoms with van der Waals surface area (Å²) >= 11 is 1.40. The van der Waals surface area contributed by atoms with E-state index < -0.39 is 21.9 Å². The fourth-order valence-corrected chi connectivity index (χ4v) is 7.99. The molecule has 2 aromatic rings. The zero-order valence-electron chi connectivity index (χ0n) is 20.7. The van der Waals surface area contributed by atoms with Gasteiger partial charge in [-0.1, -0.05) is 20.8 Å². The number of amides is 1. The van der Waals surface area contributed by atoms with Crippen LogP contribution in [0.5, 0.6) is 0 Å². The average Bonchev–Trinajstić information content (AvgIpc) is 3.19. The molecule has 2 aliphatic rings. The highest BCUT2D eigenvalue weighted by Gasteiger charge is 2.32. The highest BCUT2D eigenvalue weighted by molar-refractivity contribution is 7.89. The lowest BCUT2D eigenvalue weighted by molar-refractivity contribution is 0.0600. The van der Waals surface area contributed by atoms with Gasteiger partial charge in [-0.05, 0) is 61.1 Å². The van der Waals surface area contributed by atoms with Gasteiger partial charge in [0.25, 0.3) is 5.91 Å². The van der Waals surface area contributed by atoms with Crippen LogP contribution in [0.2, 0.25) is 0 Å². The molecule has 8 nitrogen and oxygen atoms in total. The summed E-state index contributed by atoms with van der Waals surface area (Å²) in [5, 5.41) is 3.34. The van der Waals surface area contributed by atoms with E-state index in [2.05, 4.69) is 31.0 Å². The van der Waals surface area contributed by atoms with Crippen molar-refractivity contribution in [2.24, 2.45) is 11.8 Å². The Bertz CT molecular complexity index is 1200. The van der Waals surface area contributed by atoms with Gasteiger partial charge in [-0.2, -0.15) is 4.31 Å². The molecule has 190 valence electrons. The van der Waals surface area contributed by atoms with Crippen molar-refractivity contribution >= 4 is 38.2 Å². The van der Waals surface area contributed by atoms with Crippen LogP contribution in [-0.4, -0.2) is 62.8 Å². The van der Waals surface area contributed by atoms with Crippen molar-refractivity contribution < 1.29 is 22.7 Å². The summed E-state index contributed by atoms with van der Waals surface area (Å²) in [5.74, 6) is -0.244. The van der Waals surface area contributed by atoms with Gasteiger partial charge in [-0.25, -0.2) is 13.2 Å². The summed E-state index contributed by atoms with van der Waals surface area (Å²) < 4.78 is 32.8. The lowest BCUT2D eigenvalue weighted by Gasteiger charge is -2.34. The Kier molecular flexibility index (Phi) is 7.65. The maximum atomic E-state index is 13.1. The number of benzene rings is 1. The SMILES string of the molecule is CCN1CCc2c(sc(NC(=O)c3ccc(S(=O)(=O)N4C[C@H](C)C[C@H](C)C4)cc3)c2C(=O)OC)C1. The minimum Gasteiger partial charge on any atom is -0.465 e. The highest BCUT2D eigenvalue weighted by Crippen LogP contribution is 2.38. The van der Waals surface area contributed by atoms with Crippen molar-refractivity contribution in [3.63, 3.8) is 0 Å². The highest BCUT2D eigenvalue weighted by atomic mass is 32.2. The zero-order valence-corrected chi connectivity index (χ0v) is 22.3. The van der Waals surface area contributed by atoms with Crippen molar-refractivity contribution in [3.05, 3.63) is 45.8 Å². The Morgan fingerprint density at radius 1 is 1.14 bits per heavy atom. The fraction of sp³-hybridized carbons (Fsp3) is 0.520. The van der Waals surface area contributed by atoms with Crippen molar-refractivity contribution in [3.8, 4) is 0 Å². The normalized spacial score (nSPS) is 21.4. The summed E-state index contributed by atoms with van der Waals surface area (Å²) in [6.07, 6.45) is 1.74. The summed E-state index contributed by atoms with van der Waals surface area (Å²) in [6, 6.07) is 5.99. The molecule has 0 aliphatic carbocycles.